The molecule has 36 heavy (non-hydrogen) atoms. The summed E-state index contributed by atoms with van der Waals surface area (Å²) in [7, 11) is 0. The van der Waals surface area contributed by atoms with Gasteiger partial charge in [0.25, 0.3) is 0 Å². The van der Waals surface area contributed by atoms with Gasteiger partial charge in [0.05, 0.1) is 6.04 Å². The van der Waals surface area contributed by atoms with E-state index in [9.17, 15) is 18.4 Å². The fourth-order valence-corrected chi connectivity index (χ4v) is 3.78. The van der Waals surface area contributed by atoms with E-state index in [-0.39, 0.29) is 24.7 Å². The number of carbonyl (C=O) groups is 2. The van der Waals surface area contributed by atoms with Gasteiger partial charge in [0.2, 0.25) is 0 Å². The van der Waals surface area contributed by atoms with Crippen LogP contribution in [0.25, 0.3) is 11.1 Å². The van der Waals surface area contributed by atoms with E-state index in [0.29, 0.717) is 41.4 Å². The Hall–Kier alpha value is -3.74. The van der Waals surface area contributed by atoms with Gasteiger partial charge in [0, 0.05) is 35.7 Å². The van der Waals surface area contributed by atoms with E-state index in [1.54, 1.807) is 36.4 Å². The molecule has 0 amide bonds. The lowest BCUT2D eigenvalue weighted by Crippen LogP contribution is -2.33. The Bertz CT molecular complexity index is 1160. The molecule has 3 aromatic carbocycles. The van der Waals surface area contributed by atoms with Gasteiger partial charge in [-0.05, 0) is 66.4 Å². The van der Waals surface area contributed by atoms with Crippen molar-refractivity contribution in [2.24, 2.45) is 5.92 Å². The first-order chi connectivity index (χ1) is 17.3. The predicted octanol–water partition coefficient (Wildman–Crippen LogP) is 6.98. The number of hydrogen-bond donors (Lipinski definition) is 2. The van der Waals surface area contributed by atoms with Gasteiger partial charge in [-0.15, -0.1) is 0 Å². The van der Waals surface area contributed by atoms with Gasteiger partial charge in [-0.25, -0.2) is 8.78 Å². The highest BCUT2D eigenvalue weighted by molar-refractivity contribution is 5.96. The molecule has 0 saturated carbocycles. The molecule has 0 bridgehead atoms. The van der Waals surface area contributed by atoms with Gasteiger partial charge in [0.15, 0.2) is 5.78 Å². The van der Waals surface area contributed by atoms with E-state index < -0.39 is 17.6 Å². The summed E-state index contributed by atoms with van der Waals surface area (Å²) < 4.78 is 33.2. The van der Waals surface area contributed by atoms with E-state index in [1.807, 2.05) is 12.1 Å². The maximum atomic E-state index is 14.1. The quantitative estimate of drug-likeness (QED) is 0.250. The molecule has 5 nitrogen and oxygen atoms in total. The molecule has 0 aliphatic carbocycles. The molecular formula is C29H31F2NO4. The zero-order chi connectivity index (χ0) is 26.1. The van der Waals surface area contributed by atoms with Crippen LogP contribution in [0, 0.1) is 17.6 Å². The van der Waals surface area contributed by atoms with E-state index in [2.05, 4.69) is 19.2 Å². The zero-order valence-corrected chi connectivity index (χ0v) is 20.5. The van der Waals surface area contributed by atoms with Crippen molar-refractivity contribution in [3.8, 4) is 16.9 Å². The molecule has 190 valence electrons. The number of aliphatic carboxylic acids is 1. The lowest BCUT2D eigenvalue weighted by molar-refractivity contribution is -0.137. The van der Waals surface area contributed by atoms with Crippen LogP contribution in [0.1, 0.15) is 49.9 Å². The molecule has 0 saturated heterocycles. The molecule has 2 N–H and O–H groups in total. The van der Waals surface area contributed by atoms with E-state index in [4.69, 9.17) is 9.84 Å². The Balaban J connectivity index is 1.60. The van der Waals surface area contributed by atoms with Crippen LogP contribution < -0.4 is 10.1 Å². The van der Waals surface area contributed by atoms with Crippen molar-refractivity contribution in [3.63, 3.8) is 0 Å². The van der Waals surface area contributed by atoms with Gasteiger partial charge < -0.3 is 15.2 Å². The number of ether oxygens (including phenoxy) is 1. The molecule has 0 aliphatic rings. The van der Waals surface area contributed by atoms with E-state index >= 15 is 0 Å². The number of benzene rings is 3. The van der Waals surface area contributed by atoms with Gasteiger partial charge in [-0.3, -0.25) is 9.59 Å². The van der Waals surface area contributed by atoms with Crippen LogP contribution in [0.2, 0.25) is 0 Å². The number of ketones is 1. The molecule has 0 aliphatic heterocycles. The Kier molecular flexibility index (Phi) is 9.56. The third-order valence-corrected chi connectivity index (χ3v) is 6.21. The number of rotatable bonds is 13. The molecule has 7 heteroatoms. The number of halogens is 2. The largest absolute Gasteiger partial charge is 0.491 e. The summed E-state index contributed by atoms with van der Waals surface area (Å²) in [4.78, 5) is 22.9. The first kappa shape index (κ1) is 26.9. The lowest BCUT2D eigenvalue weighted by Gasteiger charge is -2.25. The summed E-state index contributed by atoms with van der Waals surface area (Å²) in [6.07, 6.45) is 1.44. The summed E-state index contributed by atoms with van der Waals surface area (Å²) in [6, 6.07) is 17.7. The standard InChI is InChI=1S/C29H31F2NO4/c1-3-19(2)27(32-23-12-7-21(8-13-23)28(33)5-4-6-29(34)35)18-36-24-14-9-20(10-15-24)25-16-11-22(30)17-26(25)31/h7-17,19,27,32H,3-6,18H2,1-2H3,(H,34,35)/t19-,27+/m0/s1. The van der Waals surface area contributed by atoms with Gasteiger partial charge in [-0.1, -0.05) is 32.4 Å². The summed E-state index contributed by atoms with van der Waals surface area (Å²) >= 11 is 0. The minimum Gasteiger partial charge on any atom is -0.491 e. The maximum absolute atomic E-state index is 14.1. The van der Waals surface area contributed by atoms with Crippen LogP contribution in [-0.4, -0.2) is 29.5 Å². The van der Waals surface area contributed by atoms with Crippen LogP contribution in [0.5, 0.6) is 5.75 Å². The van der Waals surface area contributed by atoms with Crippen molar-refractivity contribution < 1.29 is 28.2 Å². The second-order valence-corrected chi connectivity index (χ2v) is 8.84. The van der Waals surface area contributed by atoms with Crippen LogP contribution in [0.15, 0.2) is 66.7 Å². The van der Waals surface area contributed by atoms with Gasteiger partial charge in [0.1, 0.15) is 24.0 Å². The molecule has 0 aromatic heterocycles. The predicted molar refractivity (Wildman–Crippen MR) is 136 cm³/mol. The van der Waals surface area contributed by atoms with Crippen LogP contribution >= 0.6 is 0 Å². The Morgan fingerprint density at radius 1 is 0.972 bits per heavy atom. The summed E-state index contributed by atoms with van der Waals surface area (Å²) in [5.74, 6) is -1.27. The fourth-order valence-electron chi connectivity index (χ4n) is 3.78. The highest BCUT2D eigenvalue weighted by atomic mass is 19.1. The summed E-state index contributed by atoms with van der Waals surface area (Å²) in [5.41, 5.74) is 2.37. The molecule has 2 atom stereocenters. The van der Waals surface area contributed by atoms with Gasteiger partial charge >= 0.3 is 5.97 Å². The average molecular weight is 496 g/mol. The number of carboxylic acids is 1. The van der Waals surface area contributed by atoms with E-state index in [0.717, 1.165) is 18.2 Å². The smallest absolute Gasteiger partial charge is 0.303 e. The monoisotopic (exact) mass is 495 g/mol. The fraction of sp³-hybridized carbons (Fsp3) is 0.310. The summed E-state index contributed by atoms with van der Waals surface area (Å²) in [5, 5.41) is 12.2. The van der Waals surface area contributed by atoms with Crippen molar-refractivity contribution in [3.05, 3.63) is 83.9 Å². The van der Waals surface area contributed by atoms with Crippen LogP contribution in [0.3, 0.4) is 0 Å². The molecule has 0 spiro atoms. The minimum absolute atomic E-state index is 0.00124. The average Bonchev–Trinajstić information content (AvgIpc) is 2.86. The van der Waals surface area contributed by atoms with Gasteiger partial charge in [-0.2, -0.15) is 0 Å². The zero-order valence-electron chi connectivity index (χ0n) is 20.5. The topological polar surface area (TPSA) is 75.6 Å². The van der Waals surface area contributed by atoms with Crippen molar-refractivity contribution in [1.29, 1.82) is 0 Å². The minimum atomic E-state index is -0.904. The molecule has 0 heterocycles. The van der Waals surface area contributed by atoms with E-state index in [1.165, 1.54) is 12.1 Å². The maximum Gasteiger partial charge on any atom is 0.303 e. The number of anilines is 1. The highest BCUT2D eigenvalue weighted by Gasteiger charge is 2.17. The molecule has 3 aromatic rings. The van der Waals surface area contributed by atoms with Crippen LogP contribution in [0.4, 0.5) is 14.5 Å². The first-order valence-electron chi connectivity index (χ1n) is 12.1. The van der Waals surface area contributed by atoms with Crippen molar-refractivity contribution >= 4 is 17.4 Å². The second-order valence-electron chi connectivity index (χ2n) is 8.84. The van der Waals surface area contributed by atoms with Crippen molar-refractivity contribution in [2.75, 3.05) is 11.9 Å². The molecule has 0 radical (unpaired) electrons. The molecular weight excluding hydrogens is 464 g/mol. The number of nitrogens with one attached hydrogen (secondary N) is 1. The third kappa shape index (κ3) is 7.63. The molecule has 0 fully saturated rings. The highest BCUT2D eigenvalue weighted by Crippen LogP contribution is 2.26. The summed E-state index contributed by atoms with van der Waals surface area (Å²) in [6.45, 7) is 4.63. The lowest BCUT2D eigenvalue weighted by atomic mass is 9.99. The molecule has 0 unspecified atom stereocenters. The number of carbonyl (C=O) groups excluding carboxylic acids is 1. The molecule has 3 rings (SSSR count). The first-order valence-corrected chi connectivity index (χ1v) is 12.1. The number of carboxylic acid groups (broad SMARTS) is 1. The third-order valence-electron chi connectivity index (χ3n) is 6.21. The van der Waals surface area contributed by atoms with Crippen molar-refractivity contribution in [1.82, 2.24) is 0 Å². The number of hydrogen-bond acceptors (Lipinski definition) is 4. The second kappa shape index (κ2) is 12.8. The van der Waals surface area contributed by atoms with Crippen LogP contribution in [-0.2, 0) is 4.79 Å². The Morgan fingerprint density at radius 3 is 2.28 bits per heavy atom. The Morgan fingerprint density at radius 2 is 1.67 bits per heavy atom. The number of Topliss-reactive ketones (excluding diaryl/α,β-unsaturated/α-hetero) is 1. The van der Waals surface area contributed by atoms with Crippen molar-refractivity contribution in [2.45, 2.75) is 45.6 Å². The Labute approximate surface area is 210 Å². The SMILES string of the molecule is CC[C@H](C)[C@@H](COc1ccc(-c2ccc(F)cc2F)cc1)Nc1ccc(C(=O)CCCC(=O)O)cc1. The normalized spacial score (nSPS) is 12.6.